The third-order valence-electron chi connectivity index (χ3n) is 2.85. The summed E-state index contributed by atoms with van der Waals surface area (Å²) in [4.78, 5) is 4.27. The van der Waals surface area contributed by atoms with Crippen molar-refractivity contribution in [2.75, 3.05) is 6.54 Å². The van der Waals surface area contributed by atoms with Crippen molar-refractivity contribution in [1.82, 2.24) is 10.3 Å². The second kappa shape index (κ2) is 5.94. The van der Waals surface area contributed by atoms with Crippen LogP contribution in [0, 0.1) is 13.8 Å². The van der Waals surface area contributed by atoms with E-state index in [-0.39, 0.29) is 0 Å². The molecule has 3 heteroatoms. The Morgan fingerprint density at radius 2 is 2.18 bits per heavy atom. The molecule has 2 nitrogen and oxygen atoms in total. The van der Waals surface area contributed by atoms with Crippen LogP contribution in [-0.4, -0.2) is 11.5 Å². The molecule has 90 valence electrons. The van der Waals surface area contributed by atoms with Crippen LogP contribution < -0.4 is 5.32 Å². The number of benzene rings is 1. The Labute approximate surface area is 107 Å². The van der Waals surface area contributed by atoms with E-state index in [4.69, 9.17) is 0 Å². The number of thiazole rings is 1. The number of hydrogen-bond acceptors (Lipinski definition) is 3. The molecule has 1 heterocycles. The number of rotatable bonds is 5. The summed E-state index contributed by atoms with van der Waals surface area (Å²) in [6.45, 7) is 6.23. The van der Waals surface area contributed by atoms with Gasteiger partial charge in [0.15, 0.2) is 0 Å². The number of hydrogen-bond donors (Lipinski definition) is 1. The lowest BCUT2D eigenvalue weighted by atomic mass is 10.1. The highest BCUT2D eigenvalue weighted by Crippen LogP contribution is 2.10. The number of aryl methyl sites for hydroxylation is 2. The summed E-state index contributed by atoms with van der Waals surface area (Å²) in [5.41, 5.74) is 7.15. The van der Waals surface area contributed by atoms with Crippen LogP contribution in [0.5, 0.6) is 0 Å². The fourth-order valence-electron chi connectivity index (χ4n) is 1.84. The van der Waals surface area contributed by atoms with Crippen LogP contribution in [0.4, 0.5) is 0 Å². The van der Waals surface area contributed by atoms with E-state index in [1.54, 1.807) is 11.3 Å². The van der Waals surface area contributed by atoms with Crippen molar-refractivity contribution < 1.29 is 0 Å². The maximum Gasteiger partial charge on any atom is 0.0794 e. The quantitative estimate of drug-likeness (QED) is 0.820. The molecular weight excluding hydrogens is 228 g/mol. The SMILES string of the molecule is Cc1ccc(CNCCc2cscn2)c(C)c1. The normalized spacial score (nSPS) is 10.7. The number of nitrogens with zero attached hydrogens (tertiary/aromatic N) is 1. The van der Waals surface area contributed by atoms with E-state index in [0.717, 1.165) is 19.5 Å². The molecule has 0 aliphatic carbocycles. The highest BCUT2D eigenvalue weighted by Gasteiger charge is 1.99. The highest BCUT2D eigenvalue weighted by atomic mass is 32.1. The first kappa shape index (κ1) is 12.3. The Balaban J connectivity index is 1.78. The van der Waals surface area contributed by atoms with Gasteiger partial charge in [-0.25, -0.2) is 4.98 Å². The van der Waals surface area contributed by atoms with Gasteiger partial charge in [-0.05, 0) is 25.0 Å². The number of aromatic nitrogens is 1. The average molecular weight is 246 g/mol. The molecule has 0 atom stereocenters. The monoisotopic (exact) mass is 246 g/mol. The molecule has 1 aromatic carbocycles. The zero-order chi connectivity index (χ0) is 12.1. The van der Waals surface area contributed by atoms with Crippen molar-refractivity contribution in [2.24, 2.45) is 0 Å². The molecule has 0 unspecified atom stereocenters. The molecule has 0 amide bonds. The van der Waals surface area contributed by atoms with Crippen LogP contribution in [0.25, 0.3) is 0 Å². The van der Waals surface area contributed by atoms with Crippen LogP contribution in [0.2, 0.25) is 0 Å². The molecule has 0 saturated heterocycles. The Bertz CT molecular complexity index is 463. The van der Waals surface area contributed by atoms with E-state index in [9.17, 15) is 0 Å². The third-order valence-corrected chi connectivity index (χ3v) is 3.49. The Hall–Kier alpha value is -1.19. The average Bonchev–Trinajstić information content (AvgIpc) is 2.79. The molecule has 0 bridgehead atoms. The topological polar surface area (TPSA) is 24.9 Å². The van der Waals surface area contributed by atoms with Crippen LogP contribution in [-0.2, 0) is 13.0 Å². The van der Waals surface area contributed by atoms with Gasteiger partial charge in [0.05, 0.1) is 11.2 Å². The maximum atomic E-state index is 4.27. The predicted octanol–water partition coefficient (Wildman–Crippen LogP) is 3.09. The predicted molar refractivity (Wildman–Crippen MR) is 73.4 cm³/mol. The van der Waals surface area contributed by atoms with Gasteiger partial charge in [-0.1, -0.05) is 23.8 Å². The first-order chi connectivity index (χ1) is 8.25. The van der Waals surface area contributed by atoms with Crippen LogP contribution >= 0.6 is 11.3 Å². The number of nitrogens with one attached hydrogen (secondary N) is 1. The molecule has 0 radical (unpaired) electrons. The van der Waals surface area contributed by atoms with Crippen molar-refractivity contribution in [3.05, 3.63) is 51.5 Å². The van der Waals surface area contributed by atoms with Gasteiger partial charge in [0, 0.05) is 24.9 Å². The van der Waals surface area contributed by atoms with Crippen molar-refractivity contribution in [3.63, 3.8) is 0 Å². The second-order valence-corrected chi connectivity index (χ2v) is 5.06. The summed E-state index contributed by atoms with van der Waals surface area (Å²) in [6, 6.07) is 6.61. The van der Waals surface area contributed by atoms with Gasteiger partial charge in [-0.3, -0.25) is 0 Å². The van der Waals surface area contributed by atoms with Gasteiger partial charge in [0.2, 0.25) is 0 Å². The first-order valence-corrected chi connectivity index (χ1v) is 6.84. The minimum absolute atomic E-state index is 0.941. The standard InChI is InChI=1S/C14H18N2S/c1-11-3-4-13(12(2)7-11)8-15-6-5-14-9-17-10-16-14/h3-4,7,9-10,15H,5-6,8H2,1-2H3. The van der Waals surface area contributed by atoms with E-state index in [1.165, 1.54) is 22.4 Å². The highest BCUT2D eigenvalue weighted by molar-refractivity contribution is 7.07. The molecule has 2 rings (SSSR count). The summed E-state index contributed by atoms with van der Waals surface area (Å²) in [6.07, 6.45) is 1.01. The summed E-state index contributed by atoms with van der Waals surface area (Å²) >= 11 is 1.66. The van der Waals surface area contributed by atoms with Gasteiger partial charge >= 0.3 is 0 Å². The van der Waals surface area contributed by atoms with Gasteiger partial charge in [-0.15, -0.1) is 11.3 Å². The lowest BCUT2D eigenvalue weighted by Gasteiger charge is -2.08. The fraction of sp³-hybridized carbons (Fsp3) is 0.357. The zero-order valence-corrected chi connectivity index (χ0v) is 11.2. The van der Waals surface area contributed by atoms with Gasteiger partial charge in [0.25, 0.3) is 0 Å². The van der Waals surface area contributed by atoms with Crippen LogP contribution in [0.3, 0.4) is 0 Å². The Morgan fingerprint density at radius 1 is 1.29 bits per heavy atom. The molecule has 0 fully saturated rings. The largest absolute Gasteiger partial charge is 0.312 e. The summed E-state index contributed by atoms with van der Waals surface area (Å²) in [7, 11) is 0. The van der Waals surface area contributed by atoms with Crippen molar-refractivity contribution in [3.8, 4) is 0 Å². The van der Waals surface area contributed by atoms with E-state index >= 15 is 0 Å². The fourth-order valence-corrected chi connectivity index (χ4v) is 2.44. The maximum absolute atomic E-state index is 4.27. The zero-order valence-electron chi connectivity index (χ0n) is 10.4. The van der Waals surface area contributed by atoms with Gasteiger partial charge in [-0.2, -0.15) is 0 Å². The third kappa shape index (κ3) is 3.65. The van der Waals surface area contributed by atoms with Crippen molar-refractivity contribution in [2.45, 2.75) is 26.8 Å². The molecule has 1 N–H and O–H groups in total. The Morgan fingerprint density at radius 3 is 2.88 bits per heavy atom. The molecule has 0 aliphatic rings. The minimum Gasteiger partial charge on any atom is -0.312 e. The smallest absolute Gasteiger partial charge is 0.0794 e. The first-order valence-electron chi connectivity index (χ1n) is 5.89. The van der Waals surface area contributed by atoms with Crippen LogP contribution in [0.15, 0.2) is 29.1 Å². The summed E-state index contributed by atoms with van der Waals surface area (Å²) in [5, 5.41) is 5.57. The van der Waals surface area contributed by atoms with Gasteiger partial charge in [0.1, 0.15) is 0 Å². The summed E-state index contributed by atoms with van der Waals surface area (Å²) < 4.78 is 0. The minimum atomic E-state index is 0.941. The molecule has 0 aliphatic heterocycles. The lowest BCUT2D eigenvalue weighted by Crippen LogP contribution is -2.17. The molecule has 2 aromatic rings. The molecular formula is C14H18N2S. The Kier molecular flexibility index (Phi) is 4.29. The van der Waals surface area contributed by atoms with Gasteiger partial charge < -0.3 is 5.32 Å². The van der Waals surface area contributed by atoms with E-state index in [1.807, 2.05) is 5.51 Å². The van der Waals surface area contributed by atoms with Crippen LogP contribution in [0.1, 0.15) is 22.4 Å². The van der Waals surface area contributed by atoms with E-state index in [2.05, 4.69) is 47.7 Å². The molecule has 0 spiro atoms. The van der Waals surface area contributed by atoms with E-state index in [0.29, 0.717) is 0 Å². The van der Waals surface area contributed by atoms with Crippen molar-refractivity contribution in [1.29, 1.82) is 0 Å². The lowest BCUT2D eigenvalue weighted by molar-refractivity contribution is 0.679. The molecule has 1 aromatic heterocycles. The van der Waals surface area contributed by atoms with Crippen molar-refractivity contribution >= 4 is 11.3 Å². The molecule has 0 saturated carbocycles. The molecule has 17 heavy (non-hydrogen) atoms. The van der Waals surface area contributed by atoms with E-state index < -0.39 is 0 Å². The second-order valence-electron chi connectivity index (χ2n) is 4.34. The summed E-state index contributed by atoms with van der Waals surface area (Å²) in [5.74, 6) is 0.